The molecule has 3 N–H and O–H groups in total. The Morgan fingerprint density at radius 3 is 2.52 bits per heavy atom. The Bertz CT molecular complexity index is 534. The molecular formula is C17H24ClN3O2+2. The van der Waals surface area contributed by atoms with Crippen LogP contribution in [0, 0.1) is 12.3 Å². The minimum Gasteiger partial charge on any atom is -0.488 e. The van der Waals surface area contributed by atoms with Gasteiger partial charge in [0, 0.05) is 5.02 Å². The van der Waals surface area contributed by atoms with Crippen LogP contribution < -0.4 is 19.9 Å². The van der Waals surface area contributed by atoms with Gasteiger partial charge in [-0.2, -0.15) is 0 Å². The van der Waals surface area contributed by atoms with E-state index in [4.69, 9.17) is 22.8 Å². The molecule has 0 atom stereocenters. The lowest BCUT2D eigenvalue weighted by Crippen LogP contribution is -3.28. The van der Waals surface area contributed by atoms with Gasteiger partial charge in [-0.05, 0) is 24.3 Å². The Hall–Kier alpha value is -1.74. The molecule has 0 unspecified atom stereocenters. The molecule has 1 aliphatic heterocycles. The highest BCUT2D eigenvalue weighted by Crippen LogP contribution is 2.14. The topological polar surface area (TPSA) is 47.2 Å². The maximum Gasteiger partial charge on any atom is 0.275 e. The van der Waals surface area contributed by atoms with Crippen LogP contribution in [0.2, 0.25) is 5.02 Å². The van der Waals surface area contributed by atoms with Gasteiger partial charge >= 0.3 is 0 Å². The first-order valence-electron chi connectivity index (χ1n) is 7.93. The highest BCUT2D eigenvalue weighted by atomic mass is 35.5. The average molecular weight is 338 g/mol. The van der Waals surface area contributed by atoms with Crippen LogP contribution in [0.15, 0.2) is 24.3 Å². The van der Waals surface area contributed by atoms with Gasteiger partial charge < -0.3 is 19.9 Å². The van der Waals surface area contributed by atoms with Crippen LogP contribution in [0.25, 0.3) is 0 Å². The van der Waals surface area contributed by atoms with E-state index in [-0.39, 0.29) is 5.91 Å². The maximum absolute atomic E-state index is 11.6. The zero-order chi connectivity index (χ0) is 16.5. The first-order chi connectivity index (χ1) is 11.2. The molecular weight excluding hydrogens is 314 g/mol. The Labute approximate surface area is 142 Å². The summed E-state index contributed by atoms with van der Waals surface area (Å²) in [6.45, 7) is 6.60. The zero-order valence-electron chi connectivity index (χ0n) is 13.2. The predicted molar refractivity (Wildman–Crippen MR) is 89.9 cm³/mol. The van der Waals surface area contributed by atoms with Crippen molar-refractivity contribution in [2.24, 2.45) is 0 Å². The molecule has 5 nitrogen and oxygen atoms in total. The maximum atomic E-state index is 11.6. The molecule has 1 aromatic carbocycles. The lowest BCUT2D eigenvalue weighted by atomic mass is 10.3. The number of amides is 1. The number of hydrogen-bond acceptors (Lipinski definition) is 2. The van der Waals surface area contributed by atoms with Crippen molar-refractivity contribution in [3.05, 3.63) is 29.3 Å². The number of carbonyl (C=O) groups excluding carboxylic acids is 1. The SMILES string of the molecule is C#CCNC(=O)C[NH+]1CC[NH+](CCOc2ccc(Cl)cc2)CC1. The Morgan fingerprint density at radius 1 is 1.22 bits per heavy atom. The summed E-state index contributed by atoms with van der Waals surface area (Å²) in [7, 11) is 0. The predicted octanol–water partition coefficient (Wildman–Crippen LogP) is -1.75. The minimum absolute atomic E-state index is 0.0347. The van der Waals surface area contributed by atoms with Crippen LogP contribution in [-0.4, -0.2) is 58.3 Å². The van der Waals surface area contributed by atoms with E-state index in [0.29, 0.717) is 24.7 Å². The van der Waals surface area contributed by atoms with Gasteiger partial charge in [0.15, 0.2) is 6.54 Å². The molecule has 1 aliphatic rings. The monoisotopic (exact) mass is 337 g/mol. The molecule has 1 heterocycles. The van der Waals surface area contributed by atoms with Crippen LogP contribution in [0.5, 0.6) is 5.75 Å². The van der Waals surface area contributed by atoms with Gasteiger partial charge in [-0.15, -0.1) is 6.42 Å². The standard InChI is InChI=1S/C17H22ClN3O2/c1-2-7-19-17(22)14-21-10-8-20(9-11-21)12-13-23-16-5-3-15(18)4-6-16/h1,3-6H,7-14H2,(H,19,22)/p+2. The van der Waals surface area contributed by atoms with Crippen molar-refractivity contribution in [2.45, 2.75) is 0 Å². The van der Waals surface area contributed by atoms with E-state index in [1.807, 2.05) is 24.3 Å². The molecule has 0 saturated carbocycles. The molecule has 0 aliphatic carbocycles. The molecule has 0 radical (unpaired) electrons. The molecule has 1 amide bonds. The van der Waals surface area contributed by atoms with E-state index < -0.39 is 0 Å². The summed E-state index contributed by atoms with van der Waals surface area (Å²) in [5.74, 6) is 3.30. The Kier molecular flexibility index (Phi) is 7.21. The second kappa shape index (κ2) is 9.41. The van der Waals surface area contributed by atoms with Gasteiger partial charge in [-0.1, -0.05) is 17.5 Å². The molecule has 1 aromatic rings. The molecule has 0 aromatic heterocycles. The van der Waals surface area contributed by atoms with Gasteiger partial charge in [0.2, 0.25) is 0 Å². The first-order valence-corrected chi connectivity index (χ1v) is 8.31. The summed E-state index contributed by atoms with van der Waals surface area (Å²) >= 11 is 5.84. The lowest BCUT2D eigenvalue weighted by Gasteiger charge is -2.29. The molecule has 6 heteroatoms. The second-order valence-corrected chi connectivity index (χ2v) is 6.15. The van der Waals surface area contributed by atoms with Gasteiger partial charge in [-0.25, -0.2) is 0 Å². The Balaban J connectivity index is 1.60. The van der Waals surface area contributed by atoms with Crippen LogP contribution in [0.1, 0.15) is 0 Å². The van der Waals surface area contributed by atoms with E-state index >= 15 is 0 Å². The molecule has 23 heavy (non-hydrogen) atoms. The summed E-state index contributed by atoms with van der Waals surface area (Å²) in [5, 5.41) is 3.43. The van der Waals surface area contributed by atoms with E-state index in [9.17, 15) is 4.79 Å². The first kappa shape index (κ1) is 17.6. The van der Waals surface area contributed by atoms with Crippen molar-refractivity contribution in [1.29, 1.82) is 0 Å². The largest absolute Gasteiger partial charge is 0.488 e. The third-order valence-corrected chi connectivity index (χ3v) is 4.25. The number of ether oxygens (including phenoxy) is 1. The number of carbonyl (C=O) groups is 1. The third kappa shape index (κ3) is 6.49. The highest BCUT2D eigenvalue weighted by molar-refractivity contribution is 6.30. The molecule has 0 spiro atoms. The summed E-state index contributed by atoms with van der Waals surface area (Å²) in [6.07, 6.45) is 5.13. The van der Waals surface area contributed by atoms with Gasteiger partial charge in [-0.3, -0.25) is 4.79 Å². The molecule has 1 fully saturated rings. The summed E-state index contributed by atoms with van der Waals surface area (Å²) < 4.78 is 5.73. The number of benzene rings is 1. The van der Waals surface area contributed by atoms with Crippen molar-refractivity contribution in [3.8, 4) is 18.1 Å². The number of hydrogen-bond donors (Lipinski definition) is 3. The fraction of sp³-hybridized carbons (Fsp3) is 0.471. The van der Waals surface area contributed by atoms with E-state index in [1.165, 1.54) is 9.80 Å². The van der Waals surface area contributed by atoms with Crippen LogP contribution in [0.3, 0.4) is 0 Å². The zero-order valence-corrected chi connectivity index (χ0v) is 14.0. The Morgan fingerprint density at radius 2 is 1.87 bits per heavy atom. The number of nitrogens with one attached hydrogen (secondary N) is 3. The average Bonchev–Trinajstić information content (AvgIpc) is 2.56. The lowest BCUT2D eigenvalue weighted by molar-refractivity contribution is -1.01. The fourth-order valence-electron chi connectivity index (χ4n) is 2.67. The second-order valence-electron chi connectivity index (χ2n) is 5.71. The van der Waals surface area contributed by atoms with E-state index in [0.717, 1.165) is 38.5 Å². The number of terminal acetylenes is 1. The van der Waals surface area contributed by atoms with Crippen molar-refractivity contribution in [2.75, 3.05) is 52.4 Å². The third-order valence-electron chi connectivity index (χ3n) is 4.00. The molecule has 2 rings (SSSR count). The van der Waals surface area contributed by atoms with Crippen molar-refractivity contribution >= 4 is 17.5 Å². The quantitative estimate of drug-likeness (QED) is 0.517. The van der Waals surface area contributed by atoms with Gasteiger partial charge in [0.1, 0.15) is 45.1 Å². The number of quaternary nitrogens is 2. The van der Waals surface area contributed by atoms with E-state index in [1.54, 1.807) is 0 Å². The fourth-order valence-corrected chi connectivity index (χ4v) is 2.79. The van der Waals surface area contributed by atoms with Crippen LogP contribution in [0.4, 0.5) is 0 Å². The van der Waals surface area contributed by atoms with Crippen LogP contribution >= 0.6 is 11.6 Å². The van der Waals surface area contributed by atoms with Gasteiger partial charge in [0.25, 0.3) is 5.91 Å². The van der Waals surface area contributed by atoms with E-state index in [2.05, 4.69) is 11.2 Å². The highest BCUT2D eigenvalue weighted by Gasteiger charge is 2.24. The summed E-state index contributed by atoms with van der Waals surface area (Å²) in [5.41, 5.74) is 0. The molecule has 0 bridgehead atoms. The molecule has 124 valence electrons. The number of piperazine rings is 1. The smallest absolute Gasteiger partial charge is 0.275 e. The van der Waals surface area contributed by atoms with Crippen molar-refractivity contribution < 1.29 is 19.3 Å². The summed E-state index contributed by atoms with van der Waals surface area (Å²) in [6, 6.07) is 7.43. The minimum atomic E-state index is 0.0347. The number of rotatable bonds is 7. The van der Waals surface area contributed by atoms with Crippen LogP contribution in [-0.2, 0) is 4.79 Å². The van der Waals surface area contributed by atoms with Gasteiger partial charge in [0.05, 0.1) is 6.54 Å². The van der Waals surface area contributed by atoms with Crippen molar-refractivity contribution in [1.82, 2.24) is 5.32 Å². The van der Waals surface area contributed by atoms with Crippen molar-refractivity contribution in [3.63, 3.8) is 0 Å². The summed E-state index contributed by atoms with van der Waals surface area (Å²) in [4.78, 5) is 14.5. The number of halogens is 1. The normalized spacial score (nSPS) is 20.5. The molecule has 1 saturated heterocycles.